The van der Waals surface area contributed by atoms with Crippen LogP contribution in [0.2, 0.25) is 0 Å². The summed E-state index contributed by atoms with van der Waals surface area (Å²) in [5.41, 5.74) is 5.81. The summed E-state index contributed by atoms with van der Waals surface area (Å²) in [5, 5.41) is 0. The van der Waals surface area contributed by atoms with Crippen molar-refractivity contribution in [2.24, 2.45) is 0 Å². The van der Waals surface area contributed by atoms with Gasteiger partial charge in [0.15, 0.2) is 11.6 Å². The summed E-state index contributed by atoms with van der Waals surface area (Å²) in [4.78, 5) is 0. The summed E-state index contributed by atoms with van der Waals surface area (Å²) in [6.45, 7) is 0. The first-order valence-electron chi connectivity index (χ1n) is 5.06. The van der Waals surface area contributed by atoms with Gasteiger partial charge in [-0.2, -0.15) is 0 Å². The molecule has 4 heteroatoms. The molecule has 0 aliphatic carbocycles. The van der Waals surface area contributed by atoms with Gasteiger partial charge in [0.25, 0.3) is 0 Å². The highest BCUT2D eigenvalue weighted by molar-refractivity contribution is 5.44. The first-order chi connectivity index (χ1) is 8.19. The Hall–Kier alpha value is -2.23. The molecule has 0 radical (unpaired) electrons. The third kappa shape index (κ3) is 2.66. The summed E-state index contributed by atoms with van der Waals surface area (Å²) >= 11 is 0. The molecule has 2 aromatic rings. The van der Waals surface area contributed by atoms with Crippen molar-refractivity contribution in [3.8, 4) is 17.2 Å². The molecule has 3 nitrogen and oxygen atoms in total. The highest BCUT2D eigenvalue weighted by Gasteiger charge is 2.05. The molecule has 17 heavy (non-hydrogen) atoms. The van der Waals surface area contributed by atoms with Crippen LogP contribution in [0, 0.1) is 5.82 Å². The van der Waals surface area contributed by atoms with Gasteiger partial charge in [-0.25, -0.2) is 4.39 Å². The molecule has 0 saturated heterocycles. The number of benzene rings is 2. The number of ether oxygens (including phenoxy) is 2. The predicted octanol–water partition coefficient (Wildman–Crippen LogP) is 3.21. The van der Waals surface area contributed by atoms with Gasteiger partial charge in [0, 0.05) is 11.8 Å². The van der Waals surface area contributed by atoms with E-state index < -0.39 is 5.82 Å². The van der Waals surface area contributed by atoms with Crippen molar-refractivity contribution >= 4 is 5.69 Å². The summed E-state index contributed by atoms with van der Waals surface area (Å²) in [7, 11) is 1.58. The van der Waals surface area contributed by atoms with Crippen molar-refractivity contribution in [1.29, 1.82) is 0 Å². The summed E-state index contributed by atoms with van der Waals surface area (Å²) in [6, 6.07) is 11.2. The Morgan fingerprint density at radius 2 is 1.65 bits per heavy atom. The monoisotopic (exact) mass is 233 g/mol. The van der Waals surface area contributed by atoms with Gasteiger partial charge in [-0.3, -0.25) is 0 Å². The van der Waals surface area contributed by atoms with Gasteiger partial charge in [-0.15, -0.1) is 0 Å². The Kier molecular flexibility index (Phi) is 3.14. The van der Waals surface area contributed by atoms with Crippen LogP contribution < -0.4 is 15.2 Å². The highest BCUT2D eigenvalue weighted by Crippen LogP contribution is 2.27. The van der Waals surface area contributed by atoms with E-state index in [4.69, 9.17) is 15.2 Å². The van der Waals surface area contributed by atoms with Crippen molar-refractivity contribution in [2.45, 2.75) is 0 Å². The lowest BCUT2D eigenvalue weighted by Crippen LogP contribution is -1.91. The number of nitrogen functional groups attached to an aromatic ring is 1. The topological polar surface area (TPSA) is 44.5 Å². The number of hydrogen-bond acceptors (Lipinski definition) is 3. The zero-order valence-electron chi connectivity index (χ0n) is 9.31. The lowest BCUT2D eigenvalue weighted by Gasteiger charge is -2.07. The van der Waals surface area contributed by atoms with Gasteiger partial charge >= 0.3 is 0 Å². The summed E-state index contributed by atoms with van der Waals surface area (Å²) in [6.07, 6.45) is 0. The zero-order valence-corrected chi connectivity index (χ0v) is 9.31. The molecule has 2 aromatic carbocycles. The maximum absolute atomic E-state index is 13.5. The molecule has 0 aromatic heterocycles. The average molecular weight is 233 g/mol. The maximum atomic E-state index is 13.5. The van der Waals surface area contributed by atoms with Crippen molar-refractivity contribution in [1.82, 2.24) is 0 Å². The van der Waals surface area contributed by atoms with E-state index in [1.54, 1.807) is 37.4 Å². The van der Waals surface area contributed by atoms with Gasteiger partial charge in [-0.1, -0.05) is 0 Å². The highest BCUT2D eigenvalue weighted by atomic mass is 19.1. The molecule has 0 saturated carbocycles. The molecule has 0 atom stereocenters. The minimum Gasteiger partial charge on any atom is -0.497 e. The fraction of sp³-hybridized carbons (Fsp3) is 0.0769. The molecule has 0 spiro atoms. The Morgan fingerprint density at radius 1 is 1.00 bits per heavy atom. The van der Waals surface area contributed by atoms with Gasteiger partial charge < -0.3 is 15.2 Å². The molecular formula is C13H12FNO2. The number of halogens is 1. The van der Waals surface area contributed by atoms with Crippen LogP contribution in [0.5, 0.6) is 17.2 Å². The molecule has 0 unspecified atom stereocenters. The second kappa shape index (κ2) is 4.74. The second-order valence-electron chi connectivity index (χ2n) is 3.47. The molecule has 2 N–H and O–H groups in total. The lowest BCUT2D eigenvalue weighted by atomic mass is 10.3. The average Bonchev–Trinajstić information content (AvgIpc) is 2.34. The first kappa shape index (κ1) is 11.3. The fourth-order valence-electron chi connectivity index (χ4n) is 1.37. The number of nitrogens with two attached hydrogens (primary N) is 1. The molecule has 0 heterocycles. The molecule has 0 aliphatic heterocycles. The number of rotatable bonds is 3. The van der Waals surface area contributed by atoms with Crippen LogP contribution in [-0.2, 0) is 0 Å². The van der Waals surface area contributed by atoms with Crippen molar-refractivity contribution in [3.05, 3.63) is 48.3 Å². The third-order valence-corrected chi connectivity index (χ3v) is 2.24. The van der Waals surface area contributed by atoms with E-state index >= 15 is 0 Å². The van der Waals surface area contributed by atoms with Crippen LogP contribution in [0.4, 0.5) is 10.1 Å². The van der Waals surface area contributed by atoms with Crippen molar-refractivity contribution in [3.63, 3.8) is 0 Å². The number of hydrogen-bond donors (Lipinski definition) is 1. The smallest absolute Gasteiger partial charge is 0.167 e. The van der Waals surface area contributed by atoms with Crippen LogP contribution in [0.25, 0.3) is 0 Å². The van der Waals surface area contributed by atoms with Crippen molar-refractivity contribution < 1.29 is 13.9 Å². The van der Waals surface area contributed by atoms with Gasteiger partial charge in [-0.05, 0) is 36.4 Å². The maximum Gasteiger partial charge on any atom is 0.167 e. The molecule has 0 amide bonds. The minimum atomic E-state index is -0.485. The SMILES string of the molecule is COc1ccc(Oc2ccc(N)cc2F)cc1. The Labute approximate surface area is 98.6 Å². The van der Waals surface area contributed by atoms with Crippen LogP contribution in [-0.4, -0.2) is 7.11 Å². The summed E-state index contributed by atoms with van der Waals surface area (Å²) < 4.78 is 23.8. The largest absolute Gasteiger partial charge is 0.497 e. The van der Waals surface area contributed by atoms with Crippen molar-refractivity contribution in [2.75, 3.05) is 12.8 Å². The van der Waals surface area contributed by atoms with Gasteiger partial charge in [0.05, 0.1) is 7.11 Å². The van der Waals surface area contributed by atoms with E-state index in [0.717, 1.165) is 5.75 Å². The quantitative estimate of drug-likeness (QED) is 0.828. The fourth-order valence-corrected chi connectivity index (χ4v) is 1.37. The number of methoxy groups -OCH3 is 1. The third-order valence-electron chi connectivity index (χ3n) is 2.24. The molecular weight excluding hydrogens is 221 g/mol. The van der Waals surface area contributed by atoms with Crippen LogP contribution in [0.15, 0.2) is 42.5 Å². The van der Waals surface area contributed by atoms with Crippen LogP contribution >= 0.6 is 0 Å². The minimum absolute atomic E-state index is 0.143. The van der Waals surface area contributed by atoms with E-state index in [9.17, 15) is 4.39 Å². The Balaban J connectivity index is 2.19. The molecule has 0 fully saturated rings. The zero-order chi connectivity index (χ0) is 12.3. The van der Waals surface area contributed by atoms with Crippen LogP contribution in [0.1, 0.15) is 0 Å². The first-order valence-corrected chi connectivity index (χ1v) is 5.06. The van der Waals surface area contributed by atoms with E-state index in [2.05, 4.69) is 0 Å². The molecule has 2 rings (SSSR count). The predicted molar refractivity (Wildman–Crippen MR) is 63.9 cm³/mol. The molecule has 0 aliphatic rings. The Morgan fingerprint density at radius 3 is 2.24 bits per heavy atom. The van der Waals surface area contributed by atoms with E-state index in [-0.39, 0.29) is 5.75 Å². The molecule has 0 bridgehead atoms. The van der Waals surface area contributed by atoms with E-state index in [1.165, 1.54) is 12.1 Å². The van der Waals surface area contributed by atoms with E-state index in [1.807, 2.05) is 0 Å². The van der Waals surface area contributed by atoms with Gasteiger partial charge in [0.2, 0.25) is 0 Å². The van der Waals surface area contributed by atoms with E-state index in [0.29, 0.717) is 11.4 Å². The molecule has 88 valence electrons. The van der Waals surface area contributed by atoms with Gasteiger partial charge in [0.1, 0.15) is 11.5 Å². The van der Waals surface area contributed by atoms with Crippen LogP contribution in [0.3, 0.4) is 0 Å². The standard InChI is InChI=1S/C13H12FNO2/c1-16-10-3-5-11(6-4-10)17-13-7-2-9(15)8-12(13)14/h2-8H,15H2,1H3. The Bertz CT molecular complexity index is 511. The normalized spacial score (nSPS) is 10.0. The lowest BCUT2D eigenvalue weighted by molar-refractivity contribution is 0.411. The number of anilines is 1. The second-order valence-corrected chi connectivity index (χ2v) is 3.47. The summed E-state index contributed by atoms with van der Waals surface area (Å²) in [5.74, 6) is 0.912.